The minimum Gasteiger partial charge on any atom is -0.369 e. The Balaban J connectivity index is 2.89. The van der Waals surface area contributed by atoms with E-state index in [9.17, 15) is 0 Å². The molecule has 0 unspecified atom stereocenters. The van der Waals surface area contributed by atoms with E-state index in [4.69, 9.17) is 0 Å². The van der Waals surface area contributed by atoms with E-state index in [2.05, 4.69) is 55.0 Å². The molecule has 0 aliphatic rings. The van der Waals surface area contributed by atoms with Gasteiger partial charge in [-0.25, -0.2) is 0 Å². The molecule has 0 spiro atoms. The first kappa shape index (κ1) is 14.0. The molecule has 1 heterocycles. The van der Waals surface area contributed by atoms with Crippen molar-refractivity contribution < 1.29 is 0 Å². The maximum Gasteiger partial charge on any atom is 0.0562 e. The van der Waals surface area contributed by atoms with Crippen molar-refractivity contribution in [2.24, 2.45) is 5.92 Å². The van der Waals surface area contributed by atoms with E-state index >= 15 is 0 Å². The summed E-state index contributed by atoms with van der Waals surface area (Å²) in [6.45, 7) is 10.9. The summed E-state index contributed by atoms with van der Waals surface area (Å²) >= 11 is 0. The van der Waals surface area contributed by atoms with Gasteiger partial charge >= 0.3 is 0 Å². The summed E-state index contributed by atoms with van der Waals surface area (Å²) in [5.41, 5.74) is 2.37. The van der Waals surface area contributed by atoms with Crippen LogP contribution in [0.25, 0.3) is 0 Å². The average molecular weight is 235 g/mol. The van der Waals surface area contributed by atoms with Crippen molar-refractivity contribution in [2.45, 2.75) is 40.3 Å². The molecule has 0 aliphatic carbocycles. The van der Waals surface area contributed by atoms with E-state index in [0.29, 0.717) is 12.0 Å². The standard InChI is InChI=1S/C14H25N3/c1-11(2)10-17(12(3)4)14-6-7-16-13(8-14)9-15-5/h6-8,11-12,15H,9-10H2,1-5H3. The Morgan fingerprint density at radius 3 is 2.53 bits per heavy atom. The molecule has 0 fully saturated rings. The lowest BCUT2D eigenvalue weighted by Gasteiger charge is -2.31. The molecule has 0 amide bonds. The van der Waals surface area contributed by atoms with Gasteiger partial charge in [0, 0.05) is 31.0 Å². The van der Waals surface area contributed by atoms with Crippen LogP contribution in [0.3, 0.4) is 0 Å². The predicted molar refractivity (Wildman–Crippen MR) is 74.3 cm³/mol. The first-order chi connectivity index (χ1) is 8.04. The second kappa shape index (κ2) is 6.60. The predicted octanol–water partition coefficient (Wildman–Crippen LogP) is 2.67. The lowest BCUT2D eigenvalue weighted by molar-refractivity contribution is 0.570. The number of pyridine rings is 1. The fourth-order valence-electron chi connectivity index (χ4n) is 1.93. The van der Waals surface area contributed by atoms with Crippen LogP contribution in [0.5, 0.6) is 0 Å². The first-order valence-electron chi connectivity index (χ1n) is 6.40. The zero-order valence-corrected chi connectivity index (χ0v) is 11.7. The lowest BCUT2D eigenvalue weighted by atomic mass is 10.1. The molecule has 0 radical (unpaired) electrons. The maximum absolute atomic E-state index is 4.36. The van der Waals surface area contributed by atoms with Crippen LogP contribution in [0, 0.1) is 5.92 Å². The van der Waals surface area contributed by atoms with Crippen LogP contribution in [-0.4, -0.2) is 24.6 Å². The minimum atomic E-state index is 0.516. The van der Waals surface area contributed by atoms with Crippen LogP contribution in [0.4, 0.5) is 5.69 Å². The Hall–Kier alpha value is -1.09. The molecule has 0 bridgehead atoms. The van der Waals surface area contributed by atoms with Gasteiger partial charge in [-0.15, -0.1) is 0 Å². The molecule has 0 saturated carbocycles. The Morgan fingerprint density at radius 1 is 1.29 bits per heavy atom. The second-order valence-electron chi connectivity index (χ2n) is 5.18. The molecule has 0 atom stereocenters. The third-order valence-electron chi connectivity index (χ3n) is 2.67. The van der Waals surface area contributed by atoms with E-state index in [0.717, 1.165) is 18.8 Å². The normalized spacial score (nSPS) is 11.2. The van der Waals surface area contributed by atoms with Gasteiger partial charge < -0.3 is 10.2 Å². The number of anilines is 1. The highest BCUT2D eigenvalue weighted by molar-refractivity contribution is 5.47. The number of hydrogen-bond donors (Lipinski definition) is 1. The molecule has 1 rings (SSSR count). The topological polar surface area (TPSA) is 28.2 Å². The van der Waals surface area contributed by atoms with Gasteiger partial charge in [-0.05, 0) is 38.9 Å². The molecular formula is C14H25N3. The van der Waals surface area contributed by atoms with Crippen LogP contribution in [-0.2, 0) is 6.54 Å². The third kappa shape index (κ3) is 4.35. The fraction of sp³-hybridized carbons (Fsp3) is 0.643. The number of nitrogens with zero attached hydrogens (tertiary/aromatic N) is 2. The summed E-state index contributed by atoms with van der Waals surface area (Å²) in [5.74, 6) is 0.665. The number of rotatable bonds is 6. The Bertz CT molecular complexity index is 334. The smallest absolute Gasteiger partial charge is 0.0562 e. The number of hydrogen-bond acceptors (Lipinski definition) is 3. The summed E-state index contributed by atoms with van der Waals surface area (Å²) in [7, 11) is 1.95. The molecule has 1 N–H and O–H groups in total. The highest BCUT2D eigenvalue weighted by Gasteiger charge is 2.12. The Morgan fingerprint density at radius 2 is 2.00 bits per heavy atom. The summed E-state index contributed by atoms with van der Waals surface area (Å²) in [6, 6.07) is 4.79. The van der Waals surface area contributed by atoms with Crippen molar-refractivity contribution in [3.8, 4) is 0 Å². The van der Waals surface area contributed by atoms with Crippen LogP contribution < -0.4 is 10.2 Å². The van der Waals surface area contributed by atoms with Gasteiger partial charge in [-0.1, -0.05) is 13.8 Å². The van der Waals surface area contributed by atoms with E-state index in [-0.39, 0.29) is 0 Å². The molecule has 96 valence electrons. The quantitative estimate of drug-likeness (QED) is 0.821. The van der Waals surface area contributed by atoms with Gasteiger partial charge in [0.1, 0.15) is 0 Å². The Labute approximate surface area is 105 Å². The Kier molecular flexibility index (Phi) is 5.42. The zero-order chi connectivity index (χ0) is 12.8. The van der Waals surface area contributed by atoms with E-state index in [1.807, 2.05) is 13.2 Å². The number of nitrogens with one attached hydrogen (secondary N) is 1. The van der Waals surface area contributed by atoms with Crippen molar-refractivity contribution >= 4 is 5.69 Å². The van der Waals surface area contributed by atoms with Gasteiger partial charge in [0.15, 0.2) is 0 Å². The van der Waals surface area contributed by atoms with Crippen LogP contribution in [0.2, 0.25) is 0 Å². The van der Waals surface area contributed by atoms with Crippen molar-refractivity contribution in [1.82, 2.24) is 10.3 Å². The van der Waals surface area contributed by atoms with Crippen molar-refractivity contribution in [3.05, 3.63) is 24.0 Å². The highest BCUT2D eigenvalue weighted by Crippen LogP contribution is 2.19. The lowest BCUT2D eigenvalue weighted by Crippen LogP contribution is -2.34. The second-order valence-corrected chi connectivity index (χ2v) is 5.18. The fourth-order valence-corrected chi connectivity index (χ4v) is 1.93. The summed E-state index contributed by atoms with van der Waals surface area (Å²) in [6.07, 6.45) is 1.90. The minimum absolute atomic E-state index is 0.516. The monoisotopic (exact) mass is 235 g/mol. The van der Waals surface area contributed by atoms with Crippen LogP contribution >= 0.6 is 0 Å². The van der Waals surface area contributed by atoms with Gasteiger partial charge in [0.05, 0.1) is 5.69 Å². The van der Waals surface area contributed by atoms with E-state index < -0.39 is 0 Å². The first-order valence-corrected chi connectivity index (χ1v) is 6.40. The molecule has 1 aromatic rings. The summed E-state index contributed by atoms with van der Waals surface area (Å²) < 4.78 is 0. The third-order valence-corrected chi connectivity index (χ3v) is 2.67. The van der Waals surface area contributed by atoms with E-state index in [1.54, 1.807) is 0 Å². The summed E-state index contributed by atoms with van der Waals surface area (Å²) in [4.78, 5) is 6.80. The molecule has 1 aromatic heterocycles. The van der Waals surface area contributed by atoms with Crippen molar-refractivity contribution in [3.63, 3.8) is 0 Å². The van der Waals surface area contributed by atoms with Crippen LogP contribution in [0.1, 0.15) is 33.4 Å². The average Bonchev–Trinajstić information content (AvgIpc) is 2.26. The zero-order valence-electron chi connectivity index (χ0n) is 11.7. The summed E-state index contributed by atoms with van der Waals surface area (Å²) in [5, 5.41) is 3.14. The van der Waals surface area contributed by atoms with Crippen molar-refractivity contribution in [2.75, 3.05) is 18.5 Å². The molecule has 0 aromatic carbocycles. The molecule has 0 saturated heterocycles. The molecular weight excluding hydrogens is 210 g/mol. The van der Waals surface area contributed by atoms with Crippen molar-refractivity contribution in [1.29, 1.82) is 0 Å². The number of aromatic nitrogens is 1. The van der Waals surface area contributed by atoms with Crippen LogP contribution in [0.15, 0.2) is 18.3 Å². The SMILES string of the molecule is CNCc1cc(N(CC(C)C)C(C)C)ccn1. The maximum atomic E-state index is 4.36. The largest absolute Gasteiger partial charge is 0.369 e. The molecule has 3 heteroatoms. The highest BCUT2D eigenvalue weighted by atomic mass is 15.2. The van der Waals surface area contributed by atoms with Gasteiger partial charge in [-0.2, -0.15) is 0 Å². The molecule has 3 nitrogen and oxygen atoms in total. The van der Waals surface area contributed by atoms with Gasteiger partial charge in [0.25, 0.3) is 0 Å². The molecule has 17 heavy (non-hydrogen) atoms. The van der Waals surface area contributed by atoms with Gasteiger partial charge in [0.2, 0.25) is 0 Å². The molecule has 0 aliphatic heterocycles. The van der Waals surface area contributed by atoms with E-state index in [1.165, 1.54) is 5.69 Å². The van der Waals surface area contributed by atoms with Gasteiger partial charge in [-0.3, -0.25) is 4.98 Å².